The Kier molecular flexibility index (Phi) is 4.97. The number of carbonyl (C=O) groups excluding carboxylic acids is 3. The molecule has 2 N–H and O–H groups in total. The second-order valence-corrected chi connectivity index (χ2v) is 5.94. The van der Waals surface area contributed by atoms with E-state index in [1.165, 1.54) is 24.3 Å². The average Bonchev–Trinajstić information content (AvgIpc) is 2.61. The number of fused-ring (bicyclic) bond motifs is 1. The summed E-state index contributed by atoms with van der Waals surface area (Å²) in [4.78, 5) is 35.7. The van der Waals surface area contributed by atoms with Crippen molar-refractivity contribution in [2.24, 2.45) is 0 Å². The van der Waals surface area contributed by atoms with Crippen LogP contribution in [0.1, 0.15) is 30.1 Å². The fourth-order valence-corrected chi connectivity index (χ4v) is 2.52. The molecular weight excluding hydrogens is 339 g/mol. The Morgan fingerprint density at radius 3 is 2.62 bits per heavy atom. The minimum absolute atomic E-state index is 0.00676. The van der Waals surface area contributed by atoms with Crippen molar-refractivity contribution in [3.8, 4) is 5.75 Å². The normalized spacial score (nSPS) is 15.5. The molecule has 0 bridgehead atoms. The number of ether oxygens (including phenoxy) is 1. The van der Waals surface area contributed by atoms with Crippen LogP contribution in [0.25, 0.3) is 0 Å². The summed E-state index contributed by atoms with van der Waals surface area (Å²) in [7, 11) is 0. The van der Waals surface area contributed by atoms with E-state index in [2.05, 4.69) is 10.6 Å². The average molecular weight is 356 g/mol. The van der Waals surface area contributed by atoms with E-state index in [1.54, 1.807) is 25.1 Å². The van der Waals surface area contributed by atoms with E-state index >= 15 is 0 Å². The SMILES string of the molecule is C[C@@H]1Oc2ccc(NC(=O)CCC(=O)c3ccc(F)cc3)cc2NC1=O. The van der Waals surface area contributed by atoms with Crippen molar-refractivity contribution in [3.63, 3.8) is 0 Å². The van der Waals surface area contributed by atoms with Crippen molar-refractivity contribution in [3.05, 3.63) is 53.8 Å². The lowest BCUT2D eigenvalue weighted by Gasteiger charge is -2.23. The second-order valence-electron chi connectivity index (χ2n) is 5.94. The van der Waals surface area contributed by atoms with Gasteiger partial charge in [0.25, 0.3) is 5.91 Å². The molecule has 1 aliphatic rings. The Morgan fingerprint density at radius 2 is 1.88 bits per heavy atom. The Bertz CT molecular complexity index is 864. The molecule has 134 valence electrons. The van der Waals surface area contributed by atoms with Crippen LogP contribution in [0, 0.1) is 5.82 Å². The minimum Gasteiger partial charge on any atom is -0.479 e. The van der Waals surface area contributed by atoms with Crippen LogP contribution < -0.4 is 15.4 Å². The van der Waals surface area contributed by atoms with Crippen LogP contribution in [0.15, 0.2) is 42.5 Å². The summed E-state index contributed by atoms with van der Waals surface area (Å²) in [5.74, 6) is -0.721. The first-order chi connectivity index (χ1) is 12.4. The lowest BCUT2D eigenvalue weighted by Crippen LogP contribution is -2.34. The number of hydrogen-bond donors (Lipinski definition) is 2. The van der Waals surface area contributed by atoms with Crippen LogP contribution in [0.2, 0.25) is 0 Å². The van der Waals surface area contributed by atoms with Crippen LogP contribution >= 0.6 is 0 Å². The van der Waals surface area contributed by atoms with Gasteiger partial charge in [-0.3, -0.25) is 14.4 Å². The second kappa shape index (κ2) is 7.35. The number of nitrogens with one attached hydrogen (secondary N) is 2. The number of halogens is 1. The van der Waals surface area contributed by atoms with Crippen LogP contribution in [-0.2, 0) is 9.59 Å². The predicted octanol–water partition coefficient (Wildman–Crippen LogP) is 3.15. The highest BCUT2D eigenvalue weighted by atomic mass is 19.1. The third-order valence-electron chi connectivity index (χ3n) is 3.94. The van der Waals surface area contributed by atoms with Crippen molar-refractivity contribution >= 4 is 29.0 Å². The quantitative estimate of drug-likeness (QED) is 0.806. The third kappa shape index (κ3) is 4.05. The van der Waals surface area contributed by atoms with E-state index in [1.807, 2.05) is 0 Å². The molecule has 2 aromatic rings. The van der Waals surface area contributed by atoms with Crippen molar-refractivity contribution in [1.82, 2.24) is 0 Å². The molecule has 6 nitrogen and oxygen atoms in total. The van der Waals surface area contributed by atoms with Crippen LogP contribution in [0.3, 0.4) is 0 Å². The minimum atomic E-state index is -0.569. The zero-order valence-electron chi connectivity index (χ0n) is 14.0. The largest absolute Gasteiger partial charge is 0.479 e. The zero-order chi connectivity index (χ0) is 18.7. The van der Waals surface area contributed by atoms with Gasteiger partial charge in [-0.25, -0.2) is 4.39 Å². The van der Waals surface area contributed by atoms with E-state index in [9.17, 15) is 18.8 Å². The molecule has 2 amide bonds. The van der Waals surface area contributed by atoms with Crippen molar-refractivity contribution < 1.29 is 23.5 Å². The first kappa shape index (κ1) is 17.6. The molecule has 2 aromatic carbocycles. The molecule has 1 aliphatic heterocycles. The molecule has 1 heterocycles. The van der Waals surface area contributed by atoms with E-state index in [0.717, 1.165) is 0 Å². The summed E-state index contributed by atoms with van der Waals surface area (Å²) in [6, 6.07) is 10.1. The van der Waals surface area contributed by atoms with E-state index in [0.29, 0.717) is 22.7 Å². The maximum atomic E-state index is 12.9. The van der Waals surface area contributed by atoms with Gasteiger partial charge in [0.05, 0.1) is 5.69 Å². The molecule has 7 heteroatoms. The molecular formula is C19H17FN2O4. The number of benzene rings is 2. The Balaban J connectivity index is 1.57. The number of Topliss-reactive ketones (excluding diaryl/α,β-unsaturated/α-hetero) is 1. The Hall–Kier alpha value is -3.22. The summed E-state index contributed by atoms with van der Waals surface area (Å²) < 4.78 is 18.3. The maximum Gasteiger partial charge on any atom is 0.265 e. The number of carbonyl (C=O) groups is 3. The van der Waals surface area contributed by atoms with Gasteiger partial charge in [0.2, 0.25) is 5.91 Å². The highest BCUT2D eigenvalue weighted by Crippen LogP contribution is 2.32. The van der Waals surface area contributed by atoms with Gasteiger partial charge in [-0.2, -0.15) is 0 Å². The standard InChI is InChI=1S/C19H17FN2O4/c1-11-19(25)22-15-10-14(6-8-17(15)26-11)21-18(24)9-7-16(23)12-2-4-13(20)5-3-12/h2-6,8,10-11H,7,9H2,1H3,(H,21,24)(H,22,25)/t11-/m0/s1. The summed E-state index contributed by atoms with van der Waals surface area (Å²) in [6.07, 6.45) is -0.562. The van der Waals surface area contributed by atoms with Crippen molar-refractivity contribution in [2.75, 3.05) is 10.6 Å². The number of rotatable bonds is 5. The molecule has 26 heavy (non-hydrogen) atoms. The smallest absolute Gasteiger partial charge is 0.265 e. The third-order valence-corrected chi connectivity index (χ3v) is 3.94. The molecule has 0 fully saturated rings. The van der Waals surface area contributed by atoms with E-state index in [4.69, 9.17) is 4.74 Å². The molecule has 1 atom stereocenters. The first-order valence-electron chi connectivity index (χ1n) is 8.12. The van der Waals surface area contributed by atoms with Gasteiger partial charge in [-0.15, -0.1) is 0 Å². The van der Waals surface area contributed by atoms with Gasteiger partial charge in [0, 0.05) is 24.1 Å². The molecule has 0 unspecified atom stereocenters. The van der Waals surface area contributed by atoms with Crippen molar-refractivity contribution in [1.29, 1.82) is 0 Å². The Labute approximate surface area is 149 Å². The van der Waals surface area contributed by atoms with Crippen molar-refractivity contribution in [2.45, 2.75) is 25.9 Å². The molecule has 3 rings (SSSR count). The summed E-state index contributed by atoms with van der Waals surface area (Å²) >= 11 is 0. The van der Waals surface area contributed by atoms with Gasteiger partial charge >= 0.3 is 0 Å². The first-order valence-corrected chi connectivity index (χ1v) is 8.12. The fraction of sp³-hybridized carbons (Fsp3) is 0.211. The van der Waals surface area contributed by atoms with Gasteiger partial charge in [0.15, 0.2) is 11.9 Å². The van der Waals surface area contributed by atoms with Gasteiger partial charge in [-0.05, 0) is 49.4 Å². The summed E-state index contributed by atoms with van der Waals surface area (Å²) in [5.41, 5.74) is 1.33. The van der Waals surface area contributed by atoms with Crippen LogP contribution in [0.4, 0.5) is 15.8 Å². The Morgan fingerprint density at radius 1 is 1.15 bits per heavy atom. The topological polar surface area (TPSA) is 84.5 Å². The molecule has 0 saturated carbocycles. The summed E-state index contributed by atoms with van der Waals surface area (Å²) in [6.45, 7) is 1.64. The lowest BCUT2D eigenvalue weighted by atomic mass is 10.1. The molecule has 0 spiro atoms. The summed E-state index contributed by atoms with van der Waals surface area (Å²) in [5, 5.41) is 5.38. The van der Waals surface area contributed by atoms with E-state index in [-0.39, 0.29) is 30.4 Å². The van der Waals surface area contributed by atoms with E-state index < -0.39 is 11.9 Å². The highest BCUT2D eigenvalue weighted by molar-refractivity contribution is 6.01. The number of anilines is 2. The fourth-order valence-electron chi connectivity index (χ4n) is 2.52. The van der Waals surface area contributed by atoms with Gasteiger partial charge in [0.1, 0.15) is 11.6 Å². The number of amides is 2. The molecule has 0 aliphatic carbocycles. The number of ketones is 1. The molecule has 0 aromatic heterocycles. The predicted molar refractivity (Wildman–Crippen MR) is 93.8 cm³/mol. The maximum absolute atomic E-state index is 12.9. The molecule has 0 saturated heterocycles. The highest BCUT2D eigenvalue weighted by Gasteiger charge is 2.23. The molecule has 0 radical (unpaired) electrons. The van der Waals surface area contributed by atoms with Gasteiger partial charge in [-0.1, -0.05) is 0 Å². The van der Waals surface area contributed by atoms with Crippen LogP contribution in [0.5, 0.6) is 5.75 Å². The lowest BCUT2D eigenvalue weighted by molar-refractivity contribution is -0.122. The van der Waals surface area contributed by atoms with Gasteiger partial charge < -0.3 is 15.4 Å². The number of hydrogen-bond acceptors (Lipinski definition) is 4. The zero-order valence-corrected chi connectivity index (χ0v) is 14.0. The monoisotopic (exact) mass is 356 g/mol. The van der Waals surface area contributed by atoms with Crippen LogP contribution in [-0.4, -0.2) is 23.7 Å².